The summed E-state index contributed by atoms with van der Waals surface area (Å²) in [4.78, 5) is 26.7. The maximum atomic E-state index is 13.5. The number of amides is 2. The van der Waals surface area contributed by atoms with Gasteiger partial charge in [0.15, 0.2) is 0 Å². The lowest BCUT2D eigenvalue weighted by atomic mass is 10.1. The average molecular weight is 559 g/mol. The molecule has 4 aromatic carbocycles. The van der Waals surface area contributed by atoms with Crippen LogP contribution in [0.4, 0.5) is 11.4 Å². The van der Waals surface area contributed by atoms with Crippen LogP contribution in [-0.4, -0.2) is 26.0 Å². The number of hydrogen-bond donors (Lipinski definition) is 2. The number of halogens is 1. The van der Waals surface area contributed by atoms with Crippen LogP contribution in [0.5, 0.6) is 11.5 Å². The Morgan fingerprint density at radius 3 is 2.10 bits per heavy atom. The second-order valence-electron chi connectivity index (χ2n) is 8.34. The molecule has 0 bridgehead atoms. The zero-order valence-electron chi connectivity index (χ0n) is 21.4. The number of rotatable bonds is 10. The first-order chi connectivity index (χ1) is 19.0. The van der Waals surface area contributed by atoms with Crippen molar-refractivity contribution < 1.29 is 19.1 Å². The van der Waals surface area contributed by atoms with Gasteiger partial charge in [-0.15, -0.1) is 11.8 Å². The molecule has 4 aromatic rings. The predicted octanol–water partition coefficient (Wildman–Crippen LogP) is 7.48. The van der Waals surface area contributed by atoms with E-state index in [4.69, 9.17) is 21.1 Å². The van der Waals surface area contributed by atoms with E-state index in [0.29, 0.717) is 27.9 Å². The van der Waals surface area contributed by atoms with E-state index in [1.165, 1.54) is 32.1 Å². The highest BCUT2D eigenvalue weighted by Gasteiger charge is 2.24. The van der Waals surface area contributed by atoms with Crippen LogP contribution in [0, 0.1) is 0 Å². The summed E-state index contributed by atoms with van der Waals surface area (Å²) in [6.07, 6.45) is 3.25. The molecule has 39 heavy (non-hydrogen) atoms. The predicted molar refractivity (Wildman–Crippen MR) is 159 cm³/mol. The molecule has 6 nitrogen and oxygen atoms in total. The monoisotopic (exact) mass is 558 g/mol. The van der Waals surface area contributed by atoms with E-state index in [2.05, 4.69) is 10.6 Å². The number of ether oxygens (including phenoxy) is 2. The van der Waals surface area contributed by atoms with Crippen LogP contribution >= 0.6 is 23.4 Å². The van der Waals surface area contributed by atoms with Crippen molar-refractivity contribution in [1.82, 2.24) is 0 Å². The topological polar surface area (TPSA) is 76.7 Å². The van der Waals surface area contributed by atoms with Crippen molar-refractivity contribution in [2.24, 2.45) is 0 Å². The summed E-state index contributed by atoms with van der Waals surface area (Å²) < 4.78 is 10.7. The highest BCUT2D eigenvalue weighted by atomic mass is 35.5. The molecule has 0 aromatic heterocycles. The third kappa shape index (κ3) is 7.66. The van der Waals surface area contributed by atoms with Crippen molar-refractivity contribution in [3.05, 3.63) is 119 Å². The fourth-order valence-electron chi connectivity index (χ4n) is 3.73. The minimum absolute atomic E-state index is 0.229. The van der Waals surface area contributed by atoms with E-state index in [1.54, 1.807) is 18.2 Å². The van der Waals surface area contributed by atoms with E-state index in [0.717, 1.165) is 16.0 Å². The quantitative estimate of drug-likeness (QED) is 0.156. The van der Waals surface area contributed by atoms with Gasteiger partial charge in [-0.05, 0) is 47.5 Å². The van der Waals surface area contributed by atoms with Gasteiger partial charge in [0.1, 0.15) is 16.7 Å². The van der Waals surface area contributed by atoms with Crippen molar-refractivity contribution in [2.75, 3.05) is 24.9 Å². The summed E-state index contributed by atoms with van der Waals surface area (Å²) in [5.41, 5.74) is 2.87. The number of anilines is 2. The van der Waals surface area contributed by atoms with Gasteiger partial charge in [-0.3, -0.25) is 9.59 Å². The van der Waals surface area contributed by atoms with Crippen molar-refractivity contribution >= 4 is 52.6 Å². The molecule has 0 aliphatic rings. The SMILES string of the molecule is COc1cc(OC)c(NC(=O)C(Sc2ccc(NC(=O)/C=C/c3ccccc3)cc2)c2ccccc2)cc1Cl. The third-order valence-corrected chi connectivity index (χ3v) is 7.24. The molecule has 0 fully saturated rings. The number of methoxy groups -OCH3 is 2. The highest BCUT2D eigenvalue weighted by molar-refractivity contribution is 8.00. The number of carbonyl (C=O) groups is 2. The maximum absolute atomic E-state index is 13.5. The fraction of sp³-hybridized carbons (Fsp3) is 0.0968. The van der Waals surface area contributed by atoms with Crippen molar-refractivity contribution in [1.29, 1.82) is 0 Å². The minimum atomic E-state index is -0.564. The van der Waals surface area contributed by atoms with Gasteiger partial charge < -0.3 is 20.1 Å². The fourth-order valence-corrected chi connectivity index (χ4v) is 5.00. The van der Waals surface area contributed by atoms with Gasteiger partial charge in [-0.2, -0.15) is 0 Å². The Balaban J connectivity index is 1.48. The zero-order valence-corrected chi connectivity index (χ0v) is 23.0. The van der Waals surface area contributed by atoms with E-state index >= 15 is 0 Å². The molecular weight excluding hydrogens is 532 g/mol. The van der Waals surface area contributed by atoms with E-state index in [1.807, 2.05) is 84.9 Å². The Kier molecular flexibility index (Phi) is 9.67. The molecule has 0 saturated carbocycles. The Hall–Kier alpha value is -4.20. The van der Waals surface area contributed by atoms with Crippen LogP contribution in [-0.2, 0) is 9.59 Å². The molecule has 198 valence electrons. The molecule has 1 atom stereocenters. The highest BCUT2D eigenvalue weighted by Crippen LogP contribution is 2.40. The number of benzene rings is 4. The first-order valence-corrected chi connectivity index (χ1v) is 13.3. The van der Waals surface area contributed by atoms with Gasteiger partial charge in [-0.1, -0.05) is 72.3 Å². The lowest BCUT2D eigenvalue weighted by molar-refractivity contribution is -0.116. The molecule has 0 aliphatic heterocycles. The molecule has 0 spiro atoms. The van der Waals surface area contributed by atoms with Gasteiger partial charge in [0.25, 0.3) is 0 Å². The van der Waals surface area contributed by atoms with Crippen molar-refractivity contribution in [2.45, 2.75) is 10.1 Å². The molecule has 0 heterocycles. The second kappa shape index (κ2) is 13.6. The number of carbonyl (C=O) groups excluding carboxylic acids is 2. The Labute approximate surface area is 237 Å². The Morgan fingerprint density at radius 1 is 0.821 bits per heavy atom. The maximum Gasteiger partial charge on any atom is 0.248 e. The van der Waals surface area contributed by atoms with Crippen LogP contribution in [0.1, 0.15) is 16.4 Å². The van der Waals surface area contributed by atoms with E-state index < -0.39 is 5.25 Å². The molecule has 0 saturated heterocycles. The van der Waals surface area contributed by atoms with Gasteiger partial charge in [-0.25, -0.2) is 0 Å². The smallest absolute Gasteiger partial charge is 0.248 e. The van der Waals surface area contributed by atoms with Crippen LogP contribution in [0.3, 0.4) is 0 Å². The van der Waals surface area contributed by atoms with Gasteiger partial charge in [0, 0.05) is 22.7 Å². The second-order valence-corrected chi connectivity index (χ2v) is 9.93. The summed E-state index contributed by atoms with van der Waals surface area (Å²) in [5, 5.41) is 5.60. The summed E-state index contributed by atoms with van der Waals surface area (Å²) in [5.74, 6) is 0.410. The molecule has 0 aliphatic carbocycles. The van der Waals surface area contributed by atoms with Crippen LogP contribution in [0.15, 0.2) is 108 Å². The van der Waals surface area contributed by atoms with Gasteiger partial charge in [0.05, 0.1) is 24.9 Å². The Morgan fingerprint density at radius 2 is 1.46 bits per heavy atom. The normalized spacial score (nSPS) is 11.6. The lowest BCUT2D eigenvalue weighted by Gasteiger charge is -2.19. The van der Waals surface area contributed by atoms with Crippen LogP contribution < -0.4 is 20.1 Å². The third-order valence-electron chi connectivity index (χ3n) is 5.67. The molecule has 1 unspecified atom stereocenters. The first kappa shape index (κ1) is 27.8. The zero-order chi connectivity index (χ0) is 27.6. The van der Waals surface area contributed by atoms with Crippen LogP contribution in [0.25, 0.3) is 6.08 Å². The average Bonchev–Trinajstić information content (AvgIpc) is 2.97. The largest absolute Gasteiger partial charge is 0.495 e. The van der Waals surface area contributed by atoms with Crippen LogP contribution in [0.2, 0.25) is 5.02 Å². The molecule has 2 amide bonds. The molecule has 4 rings (SSSR count). The van der Waals surface area contributed by atoms with E-state index in [-0.39, 0.29) is 11.8 Å². The number of nitrogens with one attached hydrogen (secondary N) is 2. The number of thioether (sulfide) groups is 1. The van der Waals surface area contributed by atoms with Gasteiger partial charge >= 0.3 is 0 Å². The molecule has 2 N–H and O–H groups in total. The lowest BCUT2D eigenvalue weighted by Crippen LogP contribution is -2.19. The minimum Gasteiger partial charge on any atom is -0.495 e. The van der Waals surface area contributed by atoms with Gasteiger partial charge in [0.2, 0.25) is 11.8 Å². The summed E-state index contributed by atoms with van der Waals surface area (Å²) in [6, 6.07) is 29.7. The molecule has 0 radical (unpaired) electrons. The Bertz CT molecular complexity index is 1450. The standard InChI is InChI=1S/C31H27ClN2O4S/c1-37-27-20-28(38-2)26(19-25(27)32)34-31(36)30(22-11-7-4-8-12-22)39-24-16-14-23(15-17-24)33-29(35)18-13-21-9-5-3-6-10-21/h3-20,30H,1-2H3,(H,33,35)(H,34,36)/b18-13+. The van der Waals surface area contributed by atoms with Crippen molar-refractivity contribution in [3.8, 4) is 11.5 Å². The summed E-state index contributed by atoms with van der Waals surface area (Å²) >= 11 is 7.69. The van der Waals surface area contributed by atoms with E-state index in [9.17, 15) is 9.59 Å². The summed E-state index contributed by atoms with van der Waals surface area (Å²) in [6.45, 7) is 0. The van der Waals surface area contributed by atoms with Crippen molar-refractivity contribution in [3.63, 3.8) is 0 Å². The number of hydrogen-bond acceptors (Lipinski definition) is 5. The first-order valence-electron chi connectivity index (χ1n) is 12.0. The molecular formula is C31H27ClN2O4S. The molecule has 8 heteroatoms. The summed E-state index contributed by atoms with van der Waals surface area (Å²) in [7, 11) is 3.03.